The standard InChI is InChI=1S/C29H31Br2N3O4/c1-20-29(19-22-5-11-25(31)12-6-22,28(36)34-32-16-15-21-3-9-24(30)10-4-21)33-27(38-20)23-7-13-26(14-8-23)37-18-2-17-35/h3-14,20,32,35H,2,15-19H2,1H3,(H,34,36)/t20-,29-/m0/s1. The number of aliphatic hydroxyl groups excluding tert-OH is 1. The highest BCUT2D eigenvalue weighted by molar-refractivity contribution is 9.10. The van der Waals surface area contributed by atoms with Gasteiger partial charge in [0.1, 0.15) is 11.9 Å². The first-order chi connectivity index (χ1) is 18.4. The van der Waals surface area contributed by atoms with Gasteiger partial charge in [0.25, 0.3) is 5.91 Å². The van der Waals surface area contributed by atoms with E-state index < -0.39 is 11.6 Å². The summed E-state index contributed by atoms with van der Waals surface area (Å²) in [4.78, 5) is 18.6. The van der Waals surface area contributed by atoms with Crippen LogP contribution < -0.4 is 15.6 Å². The summed E-state index contributed by atoms with van der Waals surface area (Å²) in [5.74, 6) is 0.868. The molecule has 200 valence electrons. The van der Waals surface area contributed by atoms with E-state index >= 15 is 0 Å². The fourth-order valence-corrected chi connectivity index (χ4v) is 4.69. The zero-order valence-electron chi connectivity index (χ0n) is 21.1. The normalized spacial score (nSPS) is 18.5. The van der Waals surface area contributed by atoms with Crippen LogP contribution >= 0.6 is 31.9 Å². The quantitative estimate of drug-likeness (QED) is 0.191. The van der Waals surface area contributed by atoms with Crippen molar-refractivity contribution in [3.63, 3.8) is 0 Å². The van der Waals surface area contributed by atoms with Crippen molar-refractivity contribution in [3.8, 4) is 5.75 Å². The van der Waals surface area contributed by atoms with E-state index in [1.54, 1.807) is 0 Å². The van der Waals surface area contributed by atoms with Crippen molar-refractivity contribution in [2.75, 3.05) is 19.8 Å². The number of nitrogens with one attached hydrogen (secondary N) is 2. The van der Waals surface area contributed by atoms with Crippen LogP contribution in [0, 0.1) is 0 Å². The molecule has 1 amide bonds. The van der Waals surface area contributed by atoms with Gasteiger partial charge < -0.3 is 14.6 Å². The SMILES string of the molecule is C[C@@H]1OC(c2ccc(OCCCO)cc2)=N[C@]1(Cc1ccc(Br)cc1)C(=O)NNCCc1ccc(Br)cc1. The van der Waals surface area contributed by atoms with Gasteiger partial charge in [0, 0.05) is 40.5 Å². The number of aliphatic imine (C=N–C) groups is 1. The summed E-state index contributed by atoms with van der Waals surface area (Å²) >= 11 is 6.93. The molecule has 3 aromatic rings. The molecule has 0 saturated carbocycles. The van der Waals surface area contributed by atoms with Gasteiger partial charge in [-0.25, -0.2) is 10.4 Å². The van der Waals surface area contributed by atoms with Gasteiger partial charge in [0.2, 0.25) is 5.90 Å². The van der Waals surface area contributed by atoms with Crippen molar-refractivity contribution in [2.24, 2.45) is 4.99 Å². The summed E-state index contributed by atoms with van der Waals surface area (Å²) in [6.45, 7) is 2.98. The maximum atomic E-state index is 13.7. The molecule has 9 heteroatoms. The van der Waals surface area contributed by atoms with Crippen molar-refractivity contribution < 1.29 is 19.4 Å². The van der Waals surface area contributed by atoms with Crippen molar-refractivity contribution in [3.05, 3.63) is 98.4 Å². The molecule has 0 spiro atoms. The van der Waals surface area contributed by atoms with Crippen LogP contribution in [0.4, 0.5) is 0 Å². The fourth-order valence-electron chi connectivity index (χ4n) is 4.17. The molecule has 0 saturated heterocycles. The van der Waals surface area contributed by atoms with Gasteiger partial charge >= 0.3 is 0 Å². The molecular weight excluding hydrogens is 614 g/mol. The van der Waals surface area contributed by atoms with E-state index in [4.69, 9.17) is 19.6 Å². The topological polar surface area (TPSA) is 92.2 Å². The number of carbonyl (C=O) groups excluding carboxylic acids is 1. The molecule has 0 radical (unpaired) electrons. The molecule has 0 fully saturated rings. The van der Waals surface area contributed by atoms with E-state index in [1.807, 2.05) is 67.6 Å². The lowest BCUT2D eigenvalue weighted by atomic mass is 9.86. The molecule has 1 aliphatic rings. The lowest BCUT2D eigenvalue weighted by Crippen LogP contribution is -2.56. The van der Waals surface area contributed by atoms with Crippen LogP contribution in [0.5, 0.6) is 5.75 Å². The first kappa shape index (κ1) is 28.3. The molecule has 3 aromatic carbocycles. The van der Waals surface area contributed by atoms with Crippen molar-refractivity contribution >= 4 is 43.7 Å². The van der Waals surface area contributed by atoms with Gasteiger partial charge in [-0.15, -0.1) is 0 Å². The van der Waals surface area contributed by atoms with Gasteiger partial charge in [-0.05, 0) is 73.0 Å². The second-order valence-corrected chi connectivity index (χ2v) is 10.9. The number of aliphatic hydroxyl groups is 1. The Bertz CT molecular complexity index is 1230. The first-order valence-corrected chi connectivity index (χ1v) is 14.1. The van der Waals surface area contributed by atoms with Crippen molar-refractivity contribution in [1.29, 1.82) is 0 Å². The Morgan fingerprint density at radius 2 is 1.63 bits per heavy atom. The average molecular weight is 645 g/mol. The minimum Gasteiger partial charge on any atom is -0.494 e. The molecule has 0 bridgehead atoms. The molecule has 2 atom stereocenters. The molecule has 1 aliphatic heterocycles. The van der Waals surface area contributed by atoms with Crippen LogP contribution in [0.2, 0.25) is 0 Å². The van der Waals surface area contributed by atoms with Crippen LogP contribution in [-0.2, 0) is 22.4 Å². The Kier molecular flexibility index (Phi) is 9.96. The van der Waals surface area contributed by atoms with Gasteiger partial charge in [-0.2, -0.15) is 0 Å². The Labute approximate surface area is 239 Å². The van der Waals surface area contributed by atoms with E-state index in [0.29, 0.717) is 37.6 Å². The van der Waals surface area contributed by atoms with Crippen LogP contribution in [-0.4, -0.2) is 48.3 Å². The highest BCUT2D eigenvalue weighted by atomic mass is 79.9. The van der Waals surface area contributed by atoms with Crippen LogP contribution in [0.3, 0.4) is 0 Å². The summed E-state index contributed by atoms with van der Waals surface area (Å²) in [6, 6.07) is 23.4. The van der Waals surface area contributed by atoms with Gasteiger partial charge in [-0.3, -0.25) is 10.2 Å². The monoisotopic (exact) mass is 643 g/mol. The molecule has 38 heavy (non-hydrogen) atoms. The molecule has 1 heterocycles. The van der Waals surface area contributed by atoms with E-state index in [-0.39, 0.29) is 12.5 Å². The van der Waals surface area contributed by atoms with E-state index in [9.17, 15) is 4.79 Å². The Morgan fingerprint density at radius 3 is 2.26 bits per heavy atom. The average Bonchev–Trinajstić information content (AvgIpc) is 3.26. The molecule has 3 N–H and O–H groups in total. The summed E-state index contributed by atoms with van der Waals surface area (Å²) in [5, 5.41) is 8.95. The summed E-state index contributed by atoms with van der Waals surface area (Å²) in [6.07, 6.45) is 1.23. The Morgan fingerprint density at radius 1 is 1.00 bits per heavy atom. The molecule has 4 rings (SSSR count). The molecule has 0 unspecified atom stereocenters. The zero-order valence-corrected chi connectivity index (χ0v) is 24.3. The number of rotatable bonds is 12. The highest BCUT2D eigenvalue weighted by Gasteiger charge is 2.50. The number of ether oxygens (including phenoxy) is 2. The number of hydrogen-bond acceptors (Lipinski definition) is 6. The van der Waals surface area contributed by atoms with E-state index in [2.05, 4.69) is 54.8 Å². The number of amides is 1. The minimum absolute atomic E-state index is 0.0855. The van der Waals surface area contributed by atoms with E-state index in [0.717, 1.165) is 26.5 Å². The summed E-state index contributed by atoms with van der Waals surface area (Å²) in [7, 11) is 0. The fraction of sp³-hybridized carbons (Fsp3) is 0.310. The zero-order chi connectivity index (χ0) is 27.0. The predicted molar refractivity (Wildman–Crippen MR) is 155 cm³/mol. The number of nitrogens with zero attached hydrogens (tertiary/aromatic N) is 1. The Balaban J connectivity index is 1.50. The second kappa shape index (κ2) is 13.4. The van der Waals surface area contributed by atoms with Gasteiger partial charge in [-0.1, -0.05) is 56.1 Å². The number of benzene rings is 3. The maximum absolute atomic E-state index is 13.7. The summed E-state index contributed by atoms with van der Waals surface area (Å²) in [5.41, 5.74) is 7.72. The largest absolute Gasteiger partial charge is 0.494 e. The van der Waals surface area contributed by atoms with Crippen LogP contribution in [0.15, 0.2) is 86.7 Å². The van der Waals surface area contributed by atoms with E-state index in [1.165, 1.54) is 5.56 Å². The maximum Gasteiger partial charge on any atom is 0.266 e. The predicted octanol–water partition coefficient (Wildman–Crippen LogP) is 4.98. The third-order valence-corrected chi connectivity index (χ3v) is 7.43. The molecule has 0 aromatic heterocycles. The lowest BCUT2D eigenvalue weighted by Gasteiger charge is -2.28. The van der Waals surface area contributed by atoms with Crippen LogP contribution in [0.25, 0.3) is 0 Å². The van der Waals surface area contributed by atoms with Crippen molar-refractivity contribution in [1.82, 2.24) is 10.9 Å². The minimum atomic E-state index is -1.15. The van der Waals surface area contributed by atoms with Crippen molar-refractivity contribution in [2.45, 2.75) is 37.8 Å². The van der Waals surface area contributed by atoms with Crippen LogP contribution in [0.1, 0.15) is 30.0 Å². The third kappa shape index (κ3) is 7.22. The highest BCUT2D eigenvalue weighted by Crippen LogP contribution is 2.33. The number of hydrazine groups is 1. The smallest absolute Gasteiger partial charge is 0.266 e. The number of hydrogen-bond donors (Lipinski definition) is 3. The van der Waals surface area contributed by atoms with Gasteiger partial charge in [0.15, 0.2) is 5.54 Å². The third-order valence-electron chi connectivity index (χ3n) is 6.37. The Hall–Kier alpha value is -2.72. The molecular formula is C29H31Br2N3O4. The second-order valence-electron chi connectivity index (χ2n) is 9.11. The lowest BCUT2D eigenvalue weighted by molar-refractivity contribution is -0.129. The van der Waals surface area contributed by atoms with Gasteiger partial charge in [0.05, 0.1) is 6.61 Å². The number of halogens is 2. The first-order valence-electron chi connectivity index (χ1n) is 12.5. The molecule has 7 nitrogen and oxygen atoms in total. The summed E-state index contributed by atoms with van der Waals surface area (Å²) < 4.78 is 13.8. The number of carbonyl (C=O) groups is 1. The molecule has 0 aliphatic carbocycles.